The number of carbonyl (C=O) groups excluding carboxylic acids is 3. The molecule has 1 atom stereocenters. The number of nitrogens with one attached hydrogen (secondary N) is 2. The number of benzene rings is 1. The molecule has 0 aliphatic rings. The molecule has 0 aliphatic heterocycles. The molecule has 120 valence electrons. The summed E-state index contributed by atoms with van der Waals surface area (Å²) < 4.78 is 5.09. The van der Waals surface area contributed by atoms with Gasteiger partial charge in [0.1, 0.15) is 5.69 Å². The van der Waals surface area contributed by atoms with Crippen molar-refractivity contribution in [1.29, 1.82) is 0 Å². The highest BCUT2D eigenvalue weighted by molar-refractivity contribution is 5.99. The van der Waals surface area contributed by atoms with E-state index in [0.29, 0.717) is 11.3 Å². The number of ether oxygens (including phenoxy) is 1. The lowest BCUT2D eigenvalue weighted by Crippen LogP contribution is -2.30. The maximum Gasteiger partial charge on any atom is 0.355 e. The van der Waals surface area contributed by atoms with Gasteiger partial charge in [-0.15, -0.1) is 0 Å². The zero-order valence-corrected chi connectivity index (χ0v) is 13.2. The summed E-state index contributed by atoms with van der Waals surface area (Å²) >= 11 is 0. The number of anilines is 1. The van der Waals surface area contributed by atoms with E-state index in [0.717, 1.165) is 5.56 Å². The fraction of sp³-hybridized carbons (Fsp3) is 0.235. The third kappa shape index (κ3) is 4.29. The molecule has 2 rings (SSSR count). The molecular formula is C17H18N2O4. The van der Waals surface area contributed by atoms with Crippen LogP contribution in [0.2, 0.25) is 0 Å². The predicted octanol–water partition coefficient (Wildman–Crippen LogP) is 2.71. The average molecular weight is 314 g/mol. The third-order valence-corrected chi connectivity index (χ3v) is 3.28. The lowest BCUT2D eigenvalue weighted by Gasteiger charge is -2.13. The highest BCUT2D eigenvalue weighted by Crippen LogP contribution is 2.11. The van der Waals surface area contributed by atoms with Gasteiger partial charge in [-0.1, -0.05) is 17.7 Å². The van der Waals surface area contributed by atoms with E-state index in [-0.39, 0.29) is 11.5 Å². The Morgan fingerprint density at radius 3 is 2.39 bits per heavy atom. The van der Waals surface area contributed by atoms with Crippen LogP contribution >= 0.6 is 0 Å². The van der Waals surface area contributed by atoms with Crippen molar-refractivity contribution in [1.82, 2.24) is 4.98 Å². The minimum Gasteiger partial charge on any atom is -0.448 e. The summed E-state index contributed by atoms with van der Waals surface area (Å²) in [5, 5.41) is 2.67. The molecule has 2 N–H and O–H groups in total. The Morgan fingerprint density at radius 2 is 1.83 bits per heavy atom. The van der Waals surface area contributed by atoms with Crippen molar-refractivity contribution in [2.24, 2.45) is 0 Å². The smallest absolute Gasteiger partial charge is 0.355 e. The van der Waals surface area contributed by atoms with E-state index in [2.05, 4.69) is 10.3 Å². The van der Waals surface area contributed by atoms with E-state index in [9.17, 15) is 14.4 Å². The van der Waals surface area contributed by atoms with Gasteiger partial charge >= 0.3 is 5.97 Å². The first-order chi connectivity index (χ1) is 10.9. The van der Waals surface area contributed by atoms with Crippen LogP contribution in [0, 0.1) is 6.92 Å². The molecule has 1 amide bonds. The molecular weight excluding hydrogens is 296 g/mol. The molecule has 0 fully saturated rings. The number of aromatic nitrogens is 1. The van der Waals surface area contributed by atoms with Crippen molar-refractivity contribution in [2.45, 2.75) is 26.9 Å². The molecule has 1 aromatic heterocycles. The van der Waals surface area contributed by atoms with Crippen LogP contribution in [0.4, 0.5) is 5.69 Å². The molecule has 23 heavy (non-hydrogen) atoms. The second kappa shape index (κ2) is 6.91. The van der Waals surface area contributed by atoms with Crippen LogP contribution in [0.1, 0.15) is 40.3 Å². The number of aromatic amines is 1. The summed E-state index contributed by atoms with van der Waals surface area (Å²) in [6, 6.07) is 8.68. The lowest BCUT2D eigenvalue weighted by atomic mass is 10.2. The Labute approximate surface area is 133 Å². The topological polar surface area (TPSA) is 88.3 Å². The fourth-order valence-corrected chi connectivity index (χ4v) is 1.87. The zero-order chi connectivity index (χ0) is 17.0. The fourth-order valence-electron chi connectivity index (χ4n) is 1.87. The van der Waals surface area contributed by atoms with Gasteiger partial charge in [0.15, 0.2) is 11.9 Å². The number of Topliss-reactive ketones (excluding diaryl/α,β-unsaturated/α-hetero) is 1. The van der Waals surface area contributed by atoms with E-state index in [4.69, 9.17) is 4.74 Å². The quantitative estimate of drug-likeness (QED) is 0.656. The van der Waals surface area contributed by atoms with Gasteiger partial charge in [0.2, 0.25) is 0 Å². The van der Waals surface area contributed by atoms with Gasteiger partial charge in [-0.2, -0.15) is 0 Å². The van der Waals surface area contributed by atoms with Gasteiger partial charge < -0.3 is 15.0 Å². The van der Waals surface area contributed by atoms with Gasteiger partial charge in [0.05, 0.1) is 0 Å². The molecule has 1 heterocycles. The van der Waals surface area contributed by atoms with Crippen LogP contribution in [0.5, 0.6) is 0 Å². The van der Waals surface area contributed by atoms with E-state index >= 15 is 0 Å². The molecule has 6 heteroatoms. The Balaban J connectivity index is 1.95. The van der Waals surface area contributed by atoms with Crippen molar-refractivity contribution >= 4 is 23.3 Å². The van der Waals surface area contributed by atoms with Crippen molar-refractivity contribution < 1.29 is 19.1 Å². The molecule has 0 spiro atoms. The Bertz CT molecular complexity index is 731. The van der Waals surface area contributed by atoms with Crippen molar-refractivity contribution in [3.8, 4) is 0 Å². The molecule has 0 radical (unpaired) electrons. The summed E-state index contributed by atoms with van der Waals surface area (Å²) in [6.07, 6.45) is 0.462. The van der Waals surface area contributed by atoms with Crippen LogP contribution < -0.4 is 5.32 Å². The first kappa shape index (κ1) is 16.5. The second-order valence-electron chi connectivity index (χ2n) is 5.26. The molecule has 0 bridgehead atoms. The van der Waals surface area contributed by atoms with Crippen LogP contribution in [-0.2, 0) is 9.53 Å². The van der Waals surface area contributed by atoms with Crippen molar-refractivity contribution in [3.05, 3.63) is 53.3 Å². The van der Waals surface area contributed by atoms with Gasteiger partial charge in [-0.05, 0) is 39.0 Å². The van der Waals surface area contributed by atoms with Gasteiger partial charge in [-0.3, -0.25) is 9.59 Å². The second-order valence-corrected chi connectivity index (χ2v) is 5.26. The molecule has 0 saturated carbocycles. The lowest BCUT2D eigenvalue weighted by molar-refractivity contribution is -0.123. The number of carbonyl (C=O) groups is 3. The van der Waals surface area contributed by atoms with E-state index in [1.54, 1.807) is 12.1 Å². The molecule has 0 aliphatic carbocycles. The number of H-pyrrole nitrogens is 1. The highest BCUT2D eigenvalue weighted by atomic mass is 16.5. The molecule has 0 unspecified atom stereocenters. The van der Waals surface area contributed by atoms with E-state index in [1.807, 2.05) is 19.1 Å². The number of ketones is 1. The first-order valence-electron chi connectivity index (χ1n) is 7.14. The number of esters is 1. The Morgan fingerprint density at radius 1 is 1.17 bits per heavy atom. The Kier molecular flexibility index (Phi) is 4.95. The monoisotopic (exact) mass is 314 g/mol. The summed E-state index contributed by atoms with van der Waals surface area (Å²) in [5.41, 5.74) is 2.22. The summed E-state index contributed by atoms with van der Waals surface area (Å²) in [7, 11) is 0. The Hall–Kier alpha value is -2.89. The maximum atomic E-state index is 12.0. The minimum atomic E-state index is -0.965. The number of hydrogen-bond donors (Lipinski definition) is 2. The molecule has 6 nitrogen and oxygen atoms in total. The summed E-state index contributed by atoms with van der Waals surface area (Å²) in [6.45, 7) is 4.83. The minimum absolute atomic E-state index is 0.130. The number of aryl methyl sites for hydroxylation is 1. The van der Waals surface area contributed by atoms with Crippen LogP contribution in [0.25, 0.3) is 0 Å². The molecule has 2 aromatic rings. The van der Waals surface area contributed by atoms with Gasteiger partial charge in [0.25, 0.3) is 5.91 Å². The third-order valence-electron chi connectivity index (χ3n) is 3.28. The normalized spacial score (nSPS) is 11.6. The molecule has 0 saturated heterocycles. The standard InChI is InChI=1S/C17H18N2O4/c1-10-4-6-14(7-5-10)19-16(21)12(3)23-17(22)15-8-13(9-18-15)11(2)20/h4-9,12,18H,1-3H3,(H,19,21)/t12-/m0/s1. The number of amides is 1. The average Bonchev–Trinajstić information content (AvgIpc) is 2.99. The summed E-state index contributed by atoms with van der Waals surface area (Å²) in [5.74, 6) is -1.28. The van der Waals surface area contributed by atoms with Crippen molar-refractivity contribution in [3.63, 3.8) is 0 Å². The van der Waals surface area contributed by atoms with Crippen LogP contribution in [0.15, 0.2) is 36.5 Å². The first-order valence-corrected chi connectivity index (χ1v) is 7.14. The van der Waals surface area contributed by atoms with E-state index < -0.39 is 18.0 Å². The molecule has 1 aromatic carbocycles. The predicted molar refractivity (Wildman–Crippen MR) is 85.5 cm³/mol. The van der Waals surface area contributed by atoms with Crippen LogP contribution in [0.3, 0.4) is 0 Å². The summed E-state index contributed by atoms with van der Waals surface area (Å²) in [4.78, 5) is 37.8. The van der Waals surface area contributed by atoms with Crippen molar-refractivity contribution in [2.75, 3.05) is 5.32 Å². The van der Waals surface area contributed by atoms with Gasteiger partial charge in [0, 0.05) is 17.4 Å². The van der Waals surface area contributed by atoms with Crippen LogP contribution in [-0.4, -0.2) is 28.7 Å². The highest BCUT2D eigenvalue weighted by Gasteiger charge is 2.20. The SMILES string of the molecule is CC(=O)c1c[nH]c(C(=O)O[C@@H](C)C(=O)Nc2ccc(C)cc2)c1. The number of hydrogen-bond acceptors (Lipinski definition) is 4. The largest absolute Gasteiger partial charge is 0.448 e. The number of rotatable bonds is 5. The zero-order valence-electron chi connectivity index (χ0n) is 13.2. The maximum absolute atomic E-state index is 12.0. The van der Waals surface area contributed by atoms with E-state index in [1.165, 1.54) is 26.1 Å². The van der Waals surface area contributed by atoms with Gasteiger partial charge in [-0.25, -0.2) is 4.79 Å².